The molecule has 0 fully saturated rings. The van der Waals surface area contributed by atoms with Gasteiger partial charge in [0.05, 0.1) is 23.7 Å². The number of ether oxygens (including phenoxy) is 2. The highest BCUT2D eigenvalue weighted by Crippen LogP contribution is 2.27. The van der Waals surface area contributed by atoms with Gasteiger partial charge in [-0.3, -0.25) is 4.79 Å². The van der Waals surface area contributed by atoms with E-state index in [2.05, 4.69) is 0 Å². The van der Waals surface area contributed by atoms with Crippen LogP contribution in [0.1, 0.15) is 47.5 Å². The molecule has 0 heterocycles. The maximum atomic E-state index is 12.2. The number of carbonyl (C=O) groups is 2. The SMILES string of the molecule is CC1=CC=C(C(=O)OC(C)C)C(C(=O)OC(C)C)CC1. The van der Waals surface area contributed by atoms with Crippen LogP contribution >= 0.6 is 0 Å². The molecule has 0 aromatic heterocycles. The third-order valence-electron chi connectivity index (χ3n) is 2.96. The van der Waals surface area contributed by atoms with Gasteiger partial charge in [0.15, 0.2) is 0 Å². The Balaban J connectivity index is 2.95. The average Bonchev–Trinajstić information content (AvgIpc) is 2.49. The normalized spacial score (nSPS) is 19.2. The molecule has 0 radical (unpaired) electrons. The second-order valence-corrected chi connectivity index (χ2v) is 5.67. The quantitative estimate of drug-likeness (QED) is 0.742. The summed E-state index contributed by atoms with van der Waals surface area (Å²) in [5.74, 6) is -1.33. The van der Waals surface area contributed by atoms with Crippen molar-refractivity contribution in [2.45, 2.75) is 59.7 Å². The van der Waals surface area contributed by atoms with E-state index in [4.69, 9.17) is 9.47 Å². The molecule has 20 heavy (non-hydrogen) atoms. The van der Waals surface area contributed by atoms with Crippen LogP contribution in [0.4, 0.5) is 0 Å². The topological polar surface area (TPSA) is 52.6 Å². The predicted octanol–water partition coefficient (Wildman–Crippen LogP) is 3.17. The van der Waals surface area contributed by atoms with Gasteiger partial charge in [0.2, 0.25) is 0 Å². The second kappa shape index (κ2) is 7.27. The van der Waals surface area contributed by atoms with Crippen LogP contribution in [0.25, 0.3) is 0 Å². The van der Waals surface area contributed by atoms with E-state index in [-0.39, 0.29) is 18.2 Å². The first-order valence-electron chi connectivity index (χ1n) is 7.10. The minimum absolute atomic E-state index is 0.192. The van der Waals surface area contributed by atoms with E-state index in [0.717, 1.165) is 12.0 Å². The van der Waals surface area contributed by atoms with Gasteiger partial charge < -0.3 is 9.47 Å². The molecule has 112 valence electrons. The predicted molar refractivity (Wildman–Crippen MR) is 77.0 cm³/mol. The number of esters is 2. The summed E-state index contributed by atoms with van der Waals surface area (Å²) in [5.41, 5.74) is 1.53. The first-order chi connectivity index (χ1) is 9.31. The van der Waals surface area contributed by atoms with Crippen molar-refractivity contribution in [3.63, 3.8) is 0 Å². The molecule has 4 nitrogen and oxygen atoms in total. The lowest BCUT2D eigenvalue weighted by Crippen LogP contribution is -2.27. The largest absolute Gasteiger partial charge is 0.463 e. The van der Waals surface area contributed by atoms with Gasteiger partial charge in [0.1, 0.15) is 0 Å². The average molecular weight is 280 g/mol. The highest BCUT2D eigenvalue weighted by molar-refractivity contribution is 5.96. The van der Waals surface area contributed by atoms with Crippen LogP contribution in [0, 0.1) is 5.92 Å². The van der Waals surface area contributed by atoms with Crippen LogP contribution in [0.15, 0.2) is 23.3 Å². The zero-order valence-electron chi connectivity index (χ0n) is 12.9. The van der Waals surface area contributed by atoms with E-state index in [1.165, 1.54) is 0 Å². The lowest BCUT2D eigenvalue weighted by molar-refractivity contribution is -0.154. The van der Waals surface area contributed by atoms with Gasteiger partial charge in [-0.15, -0.1) is 0 Å². The smallest absolute Gasteiger partial charge is 0.335 e. The van der Waals surface area contributed by atoms with Crippen molar-refractivity contribution in [3.05, 3.63) is 23.3 Å². The van der Waals surface area contributed by atoms with E-state index in [0.29, 0.717) is 12.0 Å². The molecule has 1 unspecified atom stereocenters. The van der Waals surface area contributed by atoms with Crippen molar-refractivity contribution in [1.82, 2.24) is 0 Å². The fourth-order valence-corrected chi connectivity index (χ4v) is 2.01. The summed E-state index contributed by atoms with van der Waals surface area (Å²) in [6.07, 6.45) is 4.51. The summed E-state index contributed by atoms with van der Waals surface area (Å²) in [6.45, 7) is 9.16. The van der Waals surface area contributed by atoms with E-state index in [1.54, 1.807) is 33.8 Å². The second-order valence-electron chi connectivity index (χ2n) is 5.67. The molecule has 0 aliphatic heterocycles. The van der Waals surface area contributed by atoms with Crippen LogP contribution in [0.2, 0.25) is 0 Å². The van der Waals surface area contributed by atoms with Crippen molar-refractivity contribution in [2.24, 2.45) is 5.92 Å². The monoisotopic (exact) mass is 280 g/mol. The minimum atomic E-state index is -0.544. The molecule has 0 amide bonds. The molecule has 0 aromatic carbocycles. The van der Waals surface area contributed by atoms with Gasteiger partial charge in [0.25, 0.3) is 0 Å². The number of allylic oxidation sites excluding steroid dienone is 3. The fourth-order valence-electron chi connectivity index (χ4n) is 2.01. The van der Waals surface area contributed by atoms with Gasteiger partial charge in [-0.05, 0) is 47.5 Å². The van der Waals surface area contributed by atoms with E-state index in [1.807, 2.05) is 13.0 Å². The Hall–Kier alpha value is -1.58. The zero-order chi connectivity index (χ0) is 15.3. The molecular weight excluding hydrogens is 256 g/mol. The molecule has 4 heteroatoms. The summed E-state index contributed by atoms with van der Waals surface area (Å²) in [7, 11) is 0. The Bertz CT molecular complexity index is 430. The Labute approximate surface area is 120 Å². The molecule has 0 spiro atoms. The first kappa shape index (κ1) is 16.5. The van der Waals surface area contributed by atoms with Crippen LogP contribution in [-0.2, 0) is 19.1 Å². The molecule has 1 rings (SSSR count). The highest BCUT2D eigenvalue weighted by Gasteiger charge is 2.31. The van der Waals surface area contributed by atoms with E-state index >= 15 is 0 Å². The number of hydrogen-bond donors (Lipinski definition) is 0. The molecule has 0 saturated carbocycles. The van der Waals surface area contributed by atoms with Crippen molar-refractivity contribution >= 4 is 11.9 Å². The number of carbonyl (C=O) groups excluding carboxylic acids is 2. The Morgan fingerprint density at radius 3 is 2.25 bits per heavy atom. The summed E-state index contributed by atoms with van der Waals surface area (Å²) >= 11 is 0. The van der Waals surface area contributed by atoms with Gasteiger partial charge in [-0.2, -0.15) is 0 Å². The van der Waals surface area contributed by atoms with Crippen LogP contribution in [-0.4, -0.2) is 24.1 Å². The lowest BCUT2D eigenvalue weighted by atomic mass is 9.94. The molecule has 0 bridgehead atoms. The van der Waals surface area contributed by atoms with Crippen molar-refractivity contribution < 1.29 is 19.1 Å². The van der Waals surface area contributed by atoms with Gasteiger partial charge >= 0.3 is 11.9 Å². The van der Waals surface area contributed by atoms with E-state index in [9.17, 15) is 9.59 Å². The Kier molecular flexibility index (Phi) is 5.99. The Morgan fingerprint density at radius 1 is 1.10 bits per heavy atom. The van der Waals surface area contributed by atoms with Crippen LogP contribution < -0.4 is 0 Å². The third-order valence-corrected chi connectivity index (χ3v) is 2.96. The maximum absolute atomic E-state index is 12.2. The third kappa shape index (κ3) is 4.83. The molecule has 1 aliphatic carbocycles. The maximum Gasteiger partial charge on any atom is 0.335 e. The summed E-state index contributed by atoms with van der Waals surface area (Å²) in [4.78, 5) is 24.3. The first-order valence-corrected chi connectivity index (χ1v) is 7.10. The summed E-state index contributed by atoms with van der Waals surface area (Å²) < 4.78 is 10.5. The molecule has 0 saturated heterocycles. The van der Waals surface area contributed by atoms with Crippen LogP contribution in [0.5, 0.6) is 0 Å². The Morgan fingerprint density at radius 2 is 1.70 bits per heavy atom. The summed E-state index contributed by atoms with van der Waals surface area (Å²) in [5, 5.41) is 0. The molecule has 1 atom stereocenters. The number of hydrogen-bond acceptors (Lipinski definition) is 4. The standard InChI is InChI=1S/C16H24O4/c1-10(2)19-15(17)13-8-6-12(5)7-9-14(13)16(18)20-11(3)4/h6,8,10-11,14H,7,9H2,1-5H3. The fraction of sp³-hybridized carbons (Fsp3) is 0.625. The highest BCUT2D eigenvalue weighted by atomic mass is 16.5. The molecule has 0 aromatic rings. The van der Waals surface area contributed by atoms with E-state index < -0.39 is 11.9 Å². The van der Waals surface area contributed by atoms with Gasteiger partial charge in [0, 0.05) is 0 Å². The molecular formula is C16H24O4. The zero-order valence-corrected chi connectivity index (χ0v) is 12.9. The number of rotatable bonds is 4. The van der Waals surface area contributed by atoms with Gasteiger partial charge in [-0.1, -0.05) is 17.7 Å². The van der Waals surface area contributed by atoms with Crippen LogP contribution in [0.3, 0.4) is 0 Å². The van der Waals surface area contributed by atoms with Crippen molar-refractivity contribution in [1.29, 1.82) is 0 Å². The van der Waals surface area contributed by atoms with Gasteiger partial charge in [-0.25, -0.2) is 4.79 Å². The van der Waals surface area contributed by atoms with Crippen molar-refractivity contribution in [2.75, 3.05) is 0 Å². The van der Waals surface area contributed by atoms with Crippen molar-refractivity contribution in [3.8, 4) is 0 Å². The summed E-state index contributed by atoms with van der Waals surface area (Å²) in [6, 6.07) is 0. The molecule has 1 aliphatic rings. The minimum Gasteiger partial charge on any atom is -0.463 e. The molecule has 0 N–H and O–H groups in total. The lowest BCUT2D eigenvalue weighted by Gasteiger charge is -2.19.